The Bertz CT molecular complexity index is 440. The molecule has 0 bridgehead atoms. The van der Waals surface area contributed by atoms with Gasteiger partial charge in [-0.05, 0) is 5.92 Å². The molecule has 1 aliphatic carbocycles. The molecule has 0 aromatic carbocycles. The van der Waals surface area contributed by atoms with Crippen molar-refractivity contribution in [3.8, 4) is 0 Å². The lowest BCUT2D eigenvalue weighted by Crippen LogP contribution is -2.64. The average Bonchev–Trinajstić information content (AvgIpc) is 2.75. The van der Waals surface area contributed by atoms with E-state index in [9.17, 15) is 14.4 Å². The molecule has 1 unspecified atom stereocenters. The number of quaternary nitrogens is 1. The summed E-state index contributed by atoms with van der Waals surface area (Å²) in [7, 11) is 1.79. The second-order valence-electron chi connectivity index (χ2n) is 6.62. The summed E-state index contributed by atoms with van der Waals surface area (Å²) >= 11 is 0. The van der Waals surface area contributed by atoms with Gasteiger partial charge in [0.15, 0.2) is 0 Å². The molecule has 0 aromatic heterocycles. The molecular weight excluding hydrogens is 261 g/mol. The SMILES string of the molecule is C[N+]12CC(=O)O[B-]1(C(C=O)C1CCCCC1)OC(=O)C2. The molecular formula is C13H20BNO5. The van der Waals surface area contributed by atoms with E-state index in [2.05, 4.69) is 0 Å². The first-order valence-electron chi connectivity index (χ1n) is 7.39. The molecule has 3 aliphatic rings. The Morgan fingerprint density at radius 3 is 2.20 bits per heavy atom. The van der Waals surface area contributed by atoms with Gasteiger partial charge in [0.2, 0.25) is 0 Å². The summed E-state index contributed by atoms with van der Waals surface area (Å²) in [5, 5.41) is 0. The van der Waals surface area contributed by atoms with E-state index in [1.54, 1.807) is 7.05 Å². The largest absolute Gasteiger partial charge is 0.600 e. The van der Waals surface area contributed by atoms with E-state index in [1.807, 2.05) is 0 Å². The third-order valence-electron chi connectivity index (χ3n) is 5.29. The van der Waals surface area contributed by atoms with Crippen molar-refractivity contribution in [2.24, 2.45) is 5.92 Å². The number of rotatable bonds is 3. The zero-order chi connectivity index (χ0) is 14.4. The molecule has 110 valence electrons. The molecule has 0 amide bonds. The summed E-state index contributed by atoms with van der Waals surface area (Å²) in [5.41, 5.74) is 0. The number of nitrogens with zero attached hydrogens (tertiary/aromatic N) is 1. The van der Waals surface area contributed by atoms with E-state index in [4.69, 9.17) is 9.31 Å². The van der Waals surface area contributed by atoms with Gasteiger partial charge in [-0.1, -0.05) is 32.1 Å². The Hall–Kier alpha value is -1.37. The van der Waals surface area contributed by atoms with Gasteiger partial charge < -0.3 is 18.5 Å². The summed E-state index contributed by atoms with van der Waals surface area (Å²) in [4.78, 5) is 35.2. The molecule has 0 radical (unpaired) electrons. The van der Waals surface area contributed by atoms with Crippen LogP contribution in [0.5, 0.6) is 0 Å². The van der Waals surface area contributed by atoms with Gasteiger partial charge in [-0.15, -0.1) is 0 Å². The molecule has 2 aliphatic heterocycles. The maximum absolute atomic E-state index is 11.7. The van der Waals surface area contributed by atoms with Gasteiger partial charge in [0.1, 0.15) is 19.4 Å². The van der Waals surface area contributed by atoms with Gasteiger partial charge in [0.05, 0.1) is 0 Å². The number of hydrogen-bond acceptors (Lipinski definition) is 5. The van der Waals surface area contributed by atoms with Crippen LogP contribution >= 0.6 is 0 Å². The fourth-order valence-corrected chi connectivity index (χ4v) is 4.28. The van der Waals surface area contributed by atoms with E-state index < -0.39 is 12.5 Å². The number of aldehydes is 1. The highest BCUT2D eigenvalue weighted by Crippen LogP contribution is 2.47. The van der Waals surface area contributed by atoms with Gasteiger partial charge in [-0.2, -0.15) is 0 Å². The first-order chi connectivity index (χ1) is 9.51. The maximum atomic E-state index is 11.7. The van der Waals surface area contributed by atoms with Gasteiger partial charge in [-0.25, -0.2) is 0 Å². The molecule has 20 heavy (non-hydrogen) atoms. The highest BCUT2D eigenvalue weighted by Gasteiger charge is 2.70. The number of carbonyl (C=O) groups excluding carboxylic acids is 3. The normalized spacial score (nSPS) is 39.0. The van der Waals surface area contributed by atoms with Crippen LogP contribution in [0.1, 0.15) is 32.1 Å². The average molecular weight is 281 g/mol. The van der Waals surface area contributed by atoms with Crippen LogP contribution in [-0.2, 0) is 23.7 Å². The Morgan fingerprint density at radius 2 is 1.70 bits per heavy atom. The molecule has 0 spiro atoms. The van der Waals surface area contributed by atoms with Gasteiger partial charge in [0, 0.05) is 12.9 Å². The van der Waals surface area contributed by atoms with Crippen LogP contribution in [0.4, 0.5) is 0 Å². The lowest BCUT2D eigenvalue weighted by Gasteiger charge is -2.45. The minimum absolute atomic E-state index is 0.109. The number of fused-ring (bicyclic) bond motifs is 1. The molecule has 2 saturated heterocycles. The Kier molecular flexibility index (Phi) is 3.12. The summed E-state index contributed by atoms with van der Waals surface area (Å²) in [6, 6.07) is 0. The molecule has 3 rings (SSSR count). The van der Waals surface area contributed by atoms with Crippen LogP contribution in [0.3, 0.4) is 0 Å². The van der Waals surface area contributed by atoms with Crippen LogP contribution < -0.4 is 0 Å². The van der Waals surface area contributed by atoms with Crippen LogP contribution in [0.2, 0.25) is 5.82 Å². The van der Waals surface area contributed by atoms with E-state index in [0.29, 0.717) is 0 Å². The first-order valence-corrected chi connectivity index (χ1v) is 7.39. The monoisotopic (exact) mass is 281 g/mol. The molecule has 6 nitrogen and oxygen atoms in total. The summed E-state index contributed by atoms with van der Waals surface area (Å²) < 4.78 is 11.1. The highest BCUT2D eigenvalue weighted by molar-refractivity contribution is 6.70. The van der Waals surface area contributed by atoms with Crippen molar-refractivity contribution in [1.82, 2.24) is 0 Å². The van der Waals surface area contributed by atoms with Crippen molar-refractivity contribution < 1.29 is 28.1 Å². The molecule has 1 atom stereocenters. The van der Waals surface area contributed by atoms with E-state index >= 15 is 0 Å². The summed E-state index contributed by atoms with van der Waals surface area (Å²) in [5.74, 6) is -1.10. The third kappa shape index (κ3) is 1.79. The van der Waals surface area contributed by atoms with Crippen molar-refractivity contribution in [2.75, 3.05) is 20.1 Å². The van der Waals surface area contributed by atoms with E-state index in [-0.39, 0.29) is 35.3 Å². The van der Waals surface area contributed by atoms with Crippen LogP contribution in [-0.4, -0.2) is 49.4 Å². The Balaban J connectivity index is 1.96. The van der Waals surface area contributed by atoms with Crippen molar-refractivity contribution in [3.63, 3.8) is 0 Å². The van der Waals surface area contributed by atoms with Crippen LogP contribution in [0, 0.1) is 5.92 Å². The lowest BCUT2D eigenvalue weighted by atomic mass is 9.50. The first kappa shape index (κ1) is 13.6. The topological polar surface area (TPSA) is 69.7 Å². The van der Waals surface area contributed by atoms with Crippen molar-refractivity contribution in [2.45, 2.75) is 37.9 Å². The second-order valence-corrected chi connectivity index (χ2v) is 6.62. The molecule has 0 aromatic rings. The van der Waals surface area contributed by atoms with Crippen molar-refractivity contribution in [1.29, 1.82) is 0 Å². The van der Waals surface area contributed by atoms with Crippen LogP contribution in [0.15, 0.2) is 0 Å². The molecule has 1 saturated carbocycles. The fourth-order valence-electron chi connectivity index (χ4n) is 4.28. The standard InChI is InChI=1S/C13H20BNO5/c1-15-7-12(17)19-14(15,20-13(18)8-15)11(9-16)10-5-3-2-4-6-10/h9-11H,2-8H2,1H3. The zero-order valence-corrected chi connectivity index (χ0v) is 11.7. The molecule has 3 fully saturated rings. The van der Waals surface area contributed by atoms with Gasteiger partial charge in [0.25, 0.3) is 0 Å². The number of carbonyl (C=O) groups is 3. The predicted octanol–water partition coefficient (Wildman–Crippen LogP) is 0.635. The molecule has 2 heterocycles. The van der Waals surface area contributed by atoms with Gasteiger partial charge in [-0.3, -0.25) is 9.59 Å². The van der Waals surface area contributed by atoms with Gasteiger partial charge >= 0.3 is 18.6 Å². The third-order valence-corrected chi connectivity index (χ3v) is 5.29. The van der Waals surface area contributed by atoms with Crippen molar-refractivity contribution >= 4 is 24.9 Å². The minimum Gasteiger partial charge on any atom is -0.600 e. The summed E-state index contributed by atoms with van der Waals surface area (Å²) in [6.45, 7) is -1.99. The fraction of sp³-hybridized carbons (Fsp3) is 0.769. The van der Waals surface area contributed by atoms with E-state index in [0.717, 1.165) is 32.0 Å². The van der Waals surface area contributed by atoms with E-state index in [1.165, 1.54) is 6.42 Å². The molecule has 0 N–H and O–H groups in total. The minimum atomic E-state index is -2.22. The van der Waals surface area contributed by atoms with Crippen molar-refractivity contribution in [3.05, 3.63) is 0 Å². The summed E-state index contributed by atoms with van der Waals surface area (Å²) in [6.07, 6.45) is 6.04. The molecule has 7 heteroatoms. The predicted molar refractivity (Wildman–Crippen MR) is 70.2 cm³/mol. The second kappa shape index (κ2) is 4.58. The van der Waals surface area contributed by atoms with Crippen LogP contribution in [0.25, 0.3) is 0 Å². The zero-order valence-electron chi connectivity index (χ0n) is 11.7. The number of hydrogen-bond donors (Lipinski definition) is 0. The Morgan fingerprint density at radius 1 is 1.15 bits per heavy atom. The quantitative estimate of drug-likeness (QED) is 0.560. The lowest BCUT2D eigenvalue weighted by molar-refractivity contribution is -0.794. The smallest absolute Gasteiger partial charge is 0.594 e. The highest BCUT2D eigenvalue weighted by atomic mass is 16.7. The number of likely N-dealkylation sites (N-methyl/N-ethyl adjacent to an activating group) is 1. The maximum Gasteiger partial charge on any atom is 0.594 e. The Labute approximate surface area is 118 Å².